The highest BCUT2D eigenvalue weighted by molar-refractivity contribution is 6.32. The van der Waals surface area contributed by atoms with Gasteiger partial charge in [0.05, 0.1) is 30.9 Å². The zero-order valence-corrected chi connectivity index (χ0v) is 21.6. The summed E-state index contributed by atoms with van der Waals surface area (Å²) >= 11 is 6.37. The van der Waals surface area contributed by atoms with Crippen LogP contribution in [-0.2, 0) is 11.3 Å². The van der Waals surface area contributed by atoms with Crippen LogP contribution < -0.4 is 25.0 Å². The third kappa shape index (κ3) is 5.82. The maximum Gasteiger partial charge on any atom is 0.240 e. The van der Waals surface area contributed by atoms with Gasteiger partial charge in [0, 0.05) is 42.8 Å². The molecule has 2 aromatic carbocycles. The van der Waals surface area contributed by atoms with Crippen LogP contribution in [0, 0.1) is 0 Å². The molecule has 0 aliphatic carbocycles. The van der Waals surface area contributed by atoms with Gasteiger partial charge in [-0.2, -0.15) is 0 Å². The molecule has 38 heavy (non-hydrogen) atoms. The van der Waals surface area contributed by atoms with Gasteiger partial charge in [0.1, 0.15) is 23.9 Å². The van der Waals surface area contributed by atoms with Crippen molar-refractivity contribution < 1.29 is 14.3 Å². The van der Waals surface area contributed by atoms with Crippen molar-refractivity contribution in [3.63, 3.8) is 0 Å². The number of methoxy groups -OCH3 is 1. The van der Waals surface area contributed by atoms with Gasteiger partial charge >= 0.3 is 0 Å². The van der Waals surface area contributed by atoms with Crippen molar-refractivity contribution >= 4 is 34.8 Å². The average Bonchev–Trinajstić information content (AvgIpc) is 3.44. The molecule has 0 spiro atoms. The van der Waals surface area contributed by atoms with E-state index in [2.05, 4.69) is 36.1 Å². The van der Waals surface area contributed by atoms with E-state index in [-0.39, 0.29) is 12.0 Å². The lowest BCUT2D eigenvalue weighted by Crippen LogP contribution is -2.48. The third-order valence-corrected chi connectivity index (χ3v) is 6.23. The van der Waals surface area contributed by atoms with Gasteiger partial charge in [-0.1, -0.05) is 17.7 Å². The monoisotopic (exact) mass is 535 g/mol. The molecule has 0 radical (unpaired) electrons. The molecular weight excluding hydrogens is 510 g/mol. The lowest BCUT2D eigenvalue weighted by Gasteiger charge is -2.28. The average molecular weight is 536 g/mol. The third-order valence-electron chi connectivity index (χ3n) is 5.91. The van der Waals surface area contributed by atoms with Crippen molar-refractivity contribution in [2.24, 2.45) is 0 Å². The Morgan fingerprint density at radius 3 is 2.71 bits per heavy atom. The van der Waals surface area contributed by atoms with Crippen LogP contribution in [0.15, 0.2) is 55.1 Å². The Labute approximate surface area is 223 Å². The van der Waals surface area contributed by atoms with Gasteiger partial charge in [0.25, 0.3) is 0 Å². The van der Waals surface area contributed by atoms with Crippen molar-refractivity contribution in [2.45, 2.75) is 19.6 Å². The molecule has 196 valence electrons. The number of halogens is 1. The summed E-state index contributed by atoms with van der Waals surface area (Å²) in [5, 5.41) is 17.9. The summed E-state index contributed by atoms with van der Waals surface area (Å²) < 4.78 is 13.2. The normalized spacial score (nSPS) is 14.3. The van der Waals surface area contributed by atoms with Crippen LogP contribution in [0.4, 0.5) is 17.3 Å². The Bertz CT molecular complexity index is 1400. The first kappa shape index (κ1) is 25.4. The number of amides is 1. The number of tetrazole rings is 1. The Morgan fingerprint density at radius 1 is 1.13 bits per heavy atom. The maximum atomic E-state index is 12.2. The Kier molecular flexibility index (Phi) is 7.61. The van der Waals surface area contributed by atoms with Gasteiger partial charge in [0.2, 0.25) is 11.9 Å². The van der Waals surface area contributed by atoms with E-state index in [9.17, 15) is 4.79 Å². The Hall–Kier alpha value is -4.29. The largest absolute Gasteiger partial charge is 0.494 e. The summed E-state index contributed by atoms with van der Waals surface area (Å²) in [6, 6.07) is 11.1. The summed E-state index contributed by atoms with van der Waals surface area (Å²) in [5.74, 6) is 1.55. The molecule has 0 saturated carbocycles. The van der Waals surface area contributed by atoms with E-state index < -0.39 is 0 Å². The number of anilines is 3. The summed E-state index contributed by atoms with van der Waals surface area (Å²) in [4.78, 5) is 22.9. The number of rotatable bonds is 9. The number of benzene rings is 2. The van der Waals surface area contributed by atoms with E-state index in [1.54, 1.807) is 35.2 Å². The van der Waals surface area contributed by atoms with E-state index >= 15 is 0 Å². The predicted molar refractivity (Wildman–Crippen MR) is 142 cm³/mol. The highest BCUT2D eigenvalue weighted by Gasteiger charge is 2.20. The van der Waals surface area contributed by atoms with E-state index in [0.29, 0.717) is 47.8 Å². The van der Waals surface area contributed by atoms with Crippen molar-refractivity contribution in [1.82, 2.24) is 35.5 Å². The zero-order chi connectivity index (χ0) is 26.5. The van der Waals surface area contributed by atoms with Gasteiger partial charge in [-0.05, 0) is 47.2 Å². The van der Waals surface area contributed by atoms with Gasteiger partial charge < -0.3 is 25.0 Å². The van der Waals surface area contributed by atoms with Crippen LogP contribution in [0.5, 0.6) is 11.5 Å². The molecule has 1 saturated heterocycles. The van der Waals surface area contributed by atoms with E-state index in [0.717, 1.165) is 23.4 Å². The van der Waals surface area contributed by atoms with E-state index in [4.69, 9.17) is 21.1 Å². The number of carbonyl (C=O) groups excluding carboxylic acids is 1. The molecule has 1 atom stereocenters. The molecule has 4 aromatic rings. The first-order valence-electron chi connectivity index (χ1n) is 12.0. The number of aromatic nitrogens is 6. The molecule has 5 rings (SSSR count). The fraction of sp³-hybridized carbons (Fsp3) is 0.280. The summed E-state index contributed by atoms with van der Waals surface area (Å²) in [5.41, 5.74) is 3.12. The smallest absolute Gasteiger partial charge is 0.240 e. The van der Waals surface area contributed by atoms with E-state index in [1.807, 2.05) is 37.3 Å². The Morgan fingerprint density at radius 2 is 1.97 bits per heavy atom. The number of hydrogen-bond acceptors (Lipinski definition) is 10. The number of piperazine rings is 1. The second-order valence-corrected chi connectivity index (χ2v) is 9.04. The van der Waals surface area contributed by atoms with Gasteiger partial charge in [-0.3, -0.25) is 4.79 Å². The van der Waals surface area contributed by atoms with Gasteiger partial charge in [-0.15, -0.1) is 5.10 Å². The van der Waals surface area contributed by atoms with Crippen LogP contribution in [0.25, 0.3) is 11.1 Å². The molecule has 1 fully saturated rings. The van der Waals surface area contributed by atoms with E-state index in [1.165, 1.54) is 6.33 Å². The molecular formula is C25H26ClN9O3. The fourth-order valence-electron chi connectivity index (χ4n) is 4.05. The summed E-state index contributed by atoms with van der Waals surface area (Å²) in [6.45, 7) is 4.07. The SMILES string of the molecule is COc1cc(N2CCNCC2=O)ccc1Nc1ncc(-c2ccc(Cl)c(OC(C)Cn3cnnn3)c2)cn1. The number of carbonyl (C=O) groups is 1. The van der Waals surface area contributed by atoms with Crippen molar-refractivity contribution in [3.05, 3.63) is 60.1 Å². The van der Waals surface area contributed by atoms with Gasteiger partial charge in [0.15, 0.2) is 0 Å². The summed E-state index contributed by atoms with van der Waals surface area (Å²) in [6.07, 6.45) is 4.75. The molecule has 3 heterocycles. The Balaban J connectivity index is 1.28. The van der Waals surface area contributed by atoms with Crippen LogP contribution in [0.3, 0.4) is 0 Å². The molecule has 1 amide bonds. The van der Waals surface area contributed by atoms with Crippen LogP contribution >= 0.6 is 11.6 Å². The molecule has 13 heteroatoms. The number of nitrogens with zero attached hydrogens (tertiary/aromatic N) is 7. The highest BCUT2D eigenvalue weighted by atomic mass is 35.5. The summed E-state index contributed by atoms with van der Waals surface area (Å²) in [7, 11) is 1.58. The first-order valence-corrected chi connectivity index (χ1v) is 12.3. The lowest BCUT2D eigenvalue weighted by molar-refractivity contribution is -0.118. The molecule has 1 aliphatic heterocycles. The van der Waals surface area contributed by atoms with Crippen molar-refractivity contribution in [2.75, 3.05) is 37.0 Å². The quantitative estimate of drug-likeness (QED) is 0.329. The molecule has 2 N–H and O–H groups in total. The fourth-order valence-corrected chi connectivity index (χ4v) is 4.21. The highest BCUT2D eigenvalue weighted by Crippen LogP contribution is 2.33. The second-order valence-electron chi connectivity index (χ2n) is 8.63. The van der Waals surface area contributed by atoms with Gasteiger partial charge in [-0.25, -0.2) is 14.6 Å². The minimum atomic E-state index is -0.208. The molecule has 12 nitrogen and oxygen atoms in total. The standard InChI is InChI=1S/C25H26ClN9O3/c1-16(14-34-15-30-32-33-34)38-22-9-17(3-5-20(22)26)18-11-28-25(29-12-18)31-21-6-4-19(10-23(21)37-2)35-8-7-27-13-24(35)36/h3-6,9-12,15-16,27H,7-8,13-14H2,1-2H3,(H,28,29,31). The first-order chi connectivity index (χ1) is 18.5. The van der Waals surface area contributed by atoms with Crippen LogP contribution in [0.2, 0.25) is 5.02 Å². The molecule has 0 bridgehead atoms. The van der Waals surface area contributed by atoms with Crippen LogP contribution in [0.1, 0.15) is 6.92 Å². The number of ether oxygens (including phenoxy) is 2. The minimum Gasteiger partial charge on any atom is -0.494 e. The molecule has 1 unspecified atom stereocenters. The van der Waals surface area contributed by atoms with Crippen molar-refractivity contribution in [3.8, 4) is 22.6 Å². The number of nitrogens with one attached hydrogen (secondary N) is 2. The molecule has 1 aliphatic rings. The second kappa shape index (κ2) is 11.4. The maximum absolute atomic E-state index is 12.2. The van der Waals surface area contributed by atoms with Crippen LogP contribution in [-0.4, -0.2) is 68.9 Å². The number of hydrogen-bond donors (Lipinski definition) is 2. The van der Waals surface area contributed by atoms with Crippen molar-refractivity contribution in [1.29, 1.82) is 0 Å². The topological polar surface area (TPSA) is 132 Å². The molecule has 2 aromatic heterocycles. The minimum absolute atomic E-state index is 0.0238. The zero-order valence-electron chi connectivity index (χ0n) is 20.8. The lowest BCUT2D eigenvalue weighted by atomic mass is 10.1. The predicted octanol–water partition coefficient (Wildman–Crippen LogP) is 2.94.